The molecule has 4 rings (SSSR count). The predicted molar refractivity (Wildman–Crippen MR) is 130 cm³/mol. The summed E-state index contributed by atoms with van der Waals surface area (Å²) < 4.78 is 29.4. The van der Waals surface area contributed by atoms with Gasteiger partial charge < -0.3 is 15.4 Å². The average molecular weight is 491 g/mol. The van der Waals surface area contributed by atoms with Crippen molar-refractivity contribution in [2.24, 2.45) is 5.92 Å². The number of benzene rings is 1. The number of aryl methyl sites for hydroxylation is 2. The van der Waals surface area contributed by atoms with Crippen LogP contribution in [0.15, 0.2) is 18.2 Å². The summed E-state index contributed by atoms with van der Waals surface area (Å²) in [4.78, 5) is 27.1. The fraction of sp³-hybridized carbons (Fsp3) is 0.500. The zero-order chi connectivity index (χ0) is 23.8. The molecule has 1 aromatic carbocycles. The highest BCUT2D eigenvalue weighted by Crippen LogP contribution is 2.40. The zero-order valence-corrected chi connectivity index (χ0v) is 20.8. The Labute approximate surface area is 198 Å². The van der Waals surface area contributed by atoms with Crippen molar-refractivity contribution in [1.82, 2.24) is 5.32 Å². The minimum atomic E-state index is -3.10. The molecule has 9 heteroatoms. The van der Waals surface area contributed by atoms with Gasteiger partial charge in [-0.3, -0.25) is 9.59 Å². The lowest BCUT2D eigenvalue weighted by Crippen LogP contribution is -2.36. The smallest absolute Gasteiger partial charge is 0.262 e. The molecule has 1 aliphatic carbocycles. The van der Waals surface area contributed by atoms with Gasteiger partial charge in [-0.2, -0.15) is 0 Å². The van der Waals surface area contributed by atoms with Crippen LogP contribution in [0.5, 0.6) is 5.75 Å². The minimum Gasteiger partial charge on any atom is -0.483 e. The van der Waals surface area contributed by atoms with E-state index >= 15 is 0 Å². The predicted octanol–water partition coefficient (Wildman–Crippen LogP) is 3.42. The molecule has 0 spiro atoms. The van der Waals surface area contributed by atoms with E-state index in [2.05, 4.69) is 17.6 Å². The molecule has 1 saturated heterocycles. The van der Waals surface area contributed by atoms with Gasteiger partial charge in [0.1, 0.15) is 10.8 Å². The Hall–Kier alpha value is -2.39. The highest BCUT2D eigenvalue weighted by atomic mass is 32.2. The number of sulfone groups is 1. The number of carbonyl (C=O) groups is 2. The van der Waals surface area contributed by atoms with Gasteiger partial charge in [-0.25, -0.2) is 8.42 Å². The Kier molecular flexibility index (Phi) is 6.81. The molecule has 2 N–H and O–H groups in total. The number of para-hydroxylation sites is 1. The first-order valence-corrected chi connectivity index (χ1v) is 13.9. The van der Waals surface area contributed by atoms with Crippen LogP contribution in [-0.4, -0.2) is 44.4 Å². The first-order chi connectivity index (χ1) is 15.6. The minimum absolute atomic E-state index is 0.0343. The van der Waals surface area contributed by atoms with Crippen LogP contribution in [0, 0.1) is 19.8 Å². The number of anilines is 1. The third-order valence-electron chi connectivity index (χ3n) is 6.32. The Bertz CT molecular complexity index is 1170. The number of amides is 2. The number of nitrogens with one attached hydrogen (secondary N) is 2. The van der Waals surface area contributed by atoms with Gasteiger partial charge in [0.15, 0.2) is 16.4 Å². The second-order valence-corrected chi connectivity index (χ2v) is 12.5. The molecule has 0 unspecified atom stereocenters. The Morgan fingerprint density at radius 1 is 1.18 bits per heavy atom. The van der Waals surface area contributed by atoms with E-state index in [9.17, 15) is 18.0 Å². The van der Waals surface area contributed by atoms with Crippen molar-refractivity contribution in [3.63, 3.8) is 0 Å². The van der Waals surface area contributed by atoms with Crippen LogP contribution in [0.3, 0.4) is 0 Å². The van der Waals surface area contributed by atoms with Crippen LogP contribution < -0.4 is 15.4 Å². The van der Waals surface area contributed by atoms with E-state index in [0.29, 0.717) is 28.7 Å². The van der Waals surface area contributed by atoms with Crippen LogP contribution in [0.4, 0.5) is 5.00 Å². The number of rotatable bonds is 6. The summed E-state index contributed by atoms with van der Waals surface area (Å²) in [5, 5.41) is 6.30. The Morgan fingerprint density at radius 3 is 2.58 bits per heavy atom. The average Bonchev–Trinajstić information content (AvgIpc) is 3.25. The lowest BCUT2D eigenvalue weighted by molar-refractivity contribution is -0.118. The summed E-state index contributed by atoms with van der Waals surface area (Å²) >= 11 is 1.44. The molecule has 178 valence electrons. The summed E-state index contributed by atoms with van der Waals surface area (Å²) in [6.07, 6.45) is 3.04. The summed E-state index contributed by atoms with van der Waals surface area (Å²) in [6.45, 7) is 5.88. The van der Waals surface area contributed by atoms with Crippen molar-refractivity contribution in [3.05, 3.63) is 45.3 Å². The van der Waals surface area contributed by atoms with E-state index in [1.54, 1.807) is 0 Å². The molecule has 2 aromatic rings. The molecule has 2 amide bonds. The van der Waals surface area contributed by atoms with Crippen molar-refractivity contribution in [3.8, 4) is 5.75 Å². The van der Waals surface area contributed by atoms with E-state index in [4.69, 9.17) is 4.74 Å². The van der Waals surface area contributed by atoms with Gasteiger partial charge in [-0.05, 0) is 62.1 Å². The molecule has 0 saturated carbocycles. The molecular weight excluding hydrogens is 460 g/mol. The van der Waals surface area contributed by atoms with Gasteiger partial charge in [-0.1, -0.05) is 25.1 Å². The first-order valence-electron chi connectivity index (χ1n) is 11.3. The van der Waals surface area contributed by atoms with Crippen LogP contribution in [0.25, 0.3) is 0 Å². The maximum absolute atomic E-state index is 13.2. The lowest BCUT2D eigenvalue weighted by atomic mass is 9.88. The maximum Gasteiger partial charge on any atom is 0.262 e. The van der Waals surface area contributed by atoms with Gasteiger partial charge in [0.2, 0.25) is 0 Å². The van der Waals surface area contributed by atoms with E-state index in [-0.39, 0.29) is 29.9 Å². The van der Waals surface area contributed by atoms with Crippen LogP contribution >= 0.6 is 11.3 Å². The van der Waals surface area contributed by atoms with Crippen molar-refractivity contribution in [1.29, 1.82) is 0 Å². The molecule has 1 aromatic heterocycles. The number of thiophene rings is 1. The molecule has 7 nitrogen and oxygen atoms in total. The summed E-state index contributed by atoms with van der Waals surface area (Å²) in [7, 11) is -3.10. The number of hydrogen-bond donors (Lipinski definition) is 2. The van der Waals surface area contributed by atoms with Gasteiger partial charge >= 0.3 is 0 Å². The fourth-order valence-corrected chi connectivity index (χ4v) is 7.67. The summed E-state index contributed by atoms with van der Waals surface area (Å²) in [6, 6.07) is 5.41. The molecule has 0 bridgehead atoms. The second kappa shape index (κ2) is 9.46. The van der Waals surface area contributed by atoms with Gasteiger partial charge in [0, 0.05) is 10.9 Å². The monoisotopic (exact) mass is 490 g/mol. The highest BCUT2D eigenvalue weighted by molar-refractivity contribution is 7.91. The van der Waals surface area contributed by atoms with E-state index < -0.39 is 15.9 Å². The van der Waals surface area contributed by atoms with Gasteiger partial charge in [-0.15, -0.1) is 11.3 Å². The topological polar surface area (TPSA) is 102 Å². The third kappa shape index (κ3) is 5.41. The van der Waals surface area contributed by atoms with Crippen LogP contribution in [0.2, 0.25) is 0 Å². The zero-order valence-electron chi connectivity index (χ0n) is 19.2. The number of hydrogen-bond acceptors (Lipinski definition) is 6. The molecule has 2 heterocycles. The van der Waals surface area contributed by atoms with Crippen LogP contribution in [-0.2, 0) is 27.5 Å². The standard InChI is InChI=1S/C24H30N2O5S2/c1-14-7-8-18-19(11-14)32-24(21(18)23(28)25-17-9-10-33(29,30)13-17)26-20(27)12-31-22-15(2)5-4-6-16(22)3/h4-6,14,17H,7-13H2,1-3H3,(H,25,28)(H,26,27)/t14-,17-/m1/s1. The summed E-state index contributed by atoms with van der Waals surface area (Å²) in [5.41, 5.74) is 3.36. The Balaban J connectivity index is 1.52. The van der Waals surface area contributed by atoms with Crippen molar-refractivity contribution < 1.29 is 22.7 Å². The van der Waals surface area contributed by atoms with Crippen LogP contribution in [0.1, 0.15) is 51.7 Å². The third-order valence-corrected chi connectivity index (χ3v) is 9.25. The number of ether oxygens (including phenoxy) is 1. The van der Waals surface area contributed by atoms with Gasteiger partial charge in [0.05, 0.1) is 17.1 Å². The van der Waals surface area contributed by atoms with Crippen molar-refractivity contribution in [2.45, 2.75) is 52.5 Å². The number of carbonyl (C=O) groups excluding carboxylic acids is 2. The van der Waals surface area contributed by atoms with E-state index in [1.807, 2.05) is 32.0 Å². The normalized spacial score (nSPS) is 21.3. The van der Waals surface area contributed by atoms with Crippen molar-refractivity contribution >= 4 is 38.0 Å². The fourth-order valence-electron chi connectivity index (χ4n) is 4.57. The molecule has 2 atom stereocenters. The largest absolute Gasteiger partial charge is 0.483 e. The molecule has 1 aliphatic heterocycles. The first kappa shape index (κ1) is 23.8. The molecule has 33 heavy (non-hydrogen) atoms. The maximum atomic E-state index is 13.2. The lowest BCUT2D eigenvalue weighted by Gasteiger charge is -2.19. The van der Waals surface area contributed by atoms with E-state index in [1.165, 1.54) is 11.3 Å². The summed E-state index contributed by atoms with van der Waals surface area (Å²) in [5.74, 6) is 0.622. The van der Waals surface area contributed by atoms with Crippen molar-refractivity contribution in [2.75, 3.05) is 23.4 Å². The quantitative estimate of drug-likeness (QED) is 0.646. The molecular formula is C24H30N2O5S2. The SMILES string of the molecule is Cc1cccc(C)c1OCC(=O)Nc1sc2c(c1C(=O)N[C@@H]1CCS(=O)(=O)C1)CC[C@@H](C)C2. The second-order valence-electron chi connectivity index (χ2n) is 9.19. The molecule has 0 radical (unpaired) electrons. The van der Waals surface area contributed by atoms with Gasteiger partial charge in [0.25, 0.3) is 11.8 Å². The van der Waals surface area contributed by atoms with E-state index in [0.717, 1.165) is 40.8 Å². The Morgan fingerprint density at radius 2 is 1.91 bits per heavy atom. The highest BCUT2D eigenvalue weighted by Gasteiger charge is 2.33. The molecule has 2 aliphatic rings. The molecule has 1 fully saturated rings. The number of fused-ring (bicyclic) bond motifs is 1.